The average Bonchev–Trinajstić information content (AvgIpc) is 2.37. The van der Waals surface area contributed by atoms with E-state index in [0.29, 0.717) is 0 Å². The van der Waals surface area contributed by atoms with Crippen molar-refractivity contribution >= 4 is 16.0 Å². The van der Waals surface area contributed by atoms with Gasteiger partial charge in [0.1, 0.15) is 6.54 Å². The Morgan fingerprint density at radius 3 is 2.45 bits per heavy atom. The van der Waals surface area contributed by atoms with Crippen molar-refractivity contribution in [2.45, 2.75) is 18.7 Å². The van der Waals surface area contributed by atoms with E-state index in [9.17, 15) is 13.2 Å². The predicted molar refractivity (Wildman–Crippen MR) is 74.2 cm³/mol. The molecular formula is C13H19NO5S. The van der Waals surface area contributed by atoms with Crippen LogP contribution < -0.4 is 0 Å². The molecule has 1 aromatic rings. The highest BCUT2D eigenvalue weighted by Gasteiger charge is 2.26. The van der Waals surface area contributed by atoms with Crippen LogP contribution in [0.1, 0.15) is 11.1 Å². The summed E-state index contributed by atoms with van der Waals surface area (Å²) in [5, 5.41) is 8.85. The number of hydrogen-bond acceptors (Lipinski definition) is 4. The van der Waals surface area contributed by atoms with Gasteiger partial charge in [0, 0.05) is 13.7 Å². The van der Waals surface area contributed by atoms with Gasteiger partial charge in [-0.3, -0.25) is 4.79 Å². The minimum absolute atomic E-state index is 0.00193. The Morgan fingerprint density at radius 1 is 1.30 bits per heavy atom. The molecule has 0 saturated heterocycles. The fraction of sp³-hybridized carbons (Fsp3) is 0.462. The van der Waals surface area contributed by atoms with E-state index >= 15 is 0 Å². The molecule has 0 atom stereocenters. The van der Waals surface area contributed by atoms with Crippen LogP contribution in [0.3, 0.4) is 0 Å². The van der Waals surface area contributed by atoms with Gasteiger partial charge in [-0.25, -0.2) is 8.42 Å². The van der Waals surface area contributed by atoms with Gasteiger partial charge in [0.2, 0.25) is 10.0 Å². The molecule has 0 bridgehead atoms. The summed E-state index contributed by atoms with van der Waals surface area (Å²) in [6.07, 6.45) is 0. The monoisotopic (exact) mass is 301 g/mol. The standard InChI is InChI=1S/C13H19NO5S/c1-10-4-5-12(8-11(10)2)20(17,18)14(6-7-19-3)9-13(15)16/h4-5,8H,6-7,9H2,1-3H3,(H,15,16). The van der Waals surface area contributed by atoms with Crippen molar-refractivity contribution in [2.24, 2.45) is 0 Å². The van der Waals surface area contributed by atoms with E-state index in [1.807, 2.05) is 13.8 Å². The average molecular weight is 301 g/mol. The summed E-state index contributed by atoms with van der Waals surface area (Å²) in [5.74, 6) is -1.20. The zero-order valence-electron chi connectivity index (χ0n) is 11.8. The van der Waals surface area contributed by atoms with Crippen LogP contribution in [0.2, 0.25) is 0 Å². The van der Waals surface area contributed by atoms with Crippen molar-refractivity contribution in [1.29, 1.82) is 0 Å². The molecule has 0 aliphatic rings. The molecule has 0 spiro atoms. The molecule has 0 aliphatic carbocycles. The molecule has 0 heterocycles. The zero-order valence-corrected chi connectivity index (χ0v) is 12.6. The number of carbonyl (C=O) groups is 1. The molecule has 0 aliphatic heterocycles. The summed E-state index contributed by atoms with van der Waals surface area (Å²) in [6, 6.07) is 4.74. The second kappa shape index (κ2) is 6.83. The van der Waals surface area contributed by atoms with Crippen molar-refractivity contribution in [1.82, 2.24) is 4.31 Å². The van der Waals surface area contributed by atoms with Crippen molar-refractivity contribution in [2.75, 3.05) is 26.8 Å². The summed E-state index contributed by atoms with van der Waals surface area (Å²) in [4.78, 5) is 10.9. The quantitative estimate of drug-likeness (QED) is 0.813. The van der Waals surface area contributed by atoms with Gasteiger partial charge in [-0.05, 0) is 37.1 Å². The van der Waals surface area contributed by atoms with Crippen LogP contribution in [-0.4, -0.2) is 50.6 Å². The predicted octanol–water partition coefficient (Wildman–Crippen LogP) is 1.03. The van der Waals surface area contributed by atoms with Gasteiger partial charge in [-0.2, -0.15) is 4.31 Å². The van der Waals surface area contributed by atoms with Crippen LogP contribution in [-0.2, 0) is 19.6 Å². The lowest BCUT2D eigenvalue weighted by molar-refractivity contribution is -0.137. The van der Waals surface area contributed by atoms with E-state index in [1.54, 1.807) is 12.1 Å². The number of benzene rings is 1. The summed E-state index contributed by atoms with van der Waals surface area (Å²) in [7, 11) is -2.40. The van der Waals surface area contributed by atoms with Crippen molar-refractivity contribution < 1.29 is 23.1 Å². The van der Waals surface area contributed by atoms with E-state index in [0.717, 1.165) is 15.4 Å². The SMILES string of the molecule is COCCN(CC(=O)O)S(=O)(=O)c1ccc(C)c(C)c1. The fourth-order valence-electron chi connectivity index (χ4n) is 1.65. The summed E-state index contributed by atoms with van der Waals surface area (Å²) in [5.41, 5.74) is 1.82. The van der Waals surface area contributed by atoms with Gasteiger partial charge in [-0.1, -0.05) is 6.07 Å². The second-order valence-electron chi connectivity index (χ2n) is 4.47. The lowest BCUT2D eigenvalue weighted by Gasteiger charge is -2.20. The number of hydrogen-bond donors (Lipinski definition) is 1. The topological polar surface area (TPSA) is 83.9 Å². The summed E-state index contributed by atoms with van der Waals surface area (Å²) < 4.78 is 30.6. The van der Waals surface area contributed by atoms with E-state index in [1.165, 1.54) is 13.2 Å². The molecule has 0 saturated carbocycles. The normalized spacial score (nSPS) is 11.8. The van der Waals surface area contributed by atoms with E-state index < -0.39 is 22.5 Å². The minimum atomic E-state index is -3.84. The molecule has 1 N–H and O–H groups in total. The summed E-state index contributed by atoms with van der Waals surface area (Å²) >= 11 is 0. The van der Waals surface area contributed by atoms with Crippen molar-refractivity contribution in [3.63, 3.8) is 0 Å². The Balaban J connectivity index is 3.13. The first-order valence-corrected chi connectivity index (χ1v) is 7.51. The molecule has 0 amide bonds. The van der Waals surface area contributed by atoms with Crippen molar-refractivity contribution in [3.8, 4) is 0 Å². The molecule has 0 fully saturated rings. The first-order chi connectivity index (χ1) is 9.28. The lowest BCUT2D eigenvalue weighted by Crippen LogP contribution is -2.38. The Bertz CT molecular complexity index is 582. The third-order valence-electron chi connectivity index (χ3n) is 2.97. The molecule has 20 heavy (non-hydrogen) atoms. The highest BCUT2D eigenvalue weighted by molar-refractivity contribution is 7.89. The molecule has 6 nitrogen and oxygen atoms in total. The smallest absolute Gasteiger partial charge is 0.318 e. The first kappa shape index (κ1) is 16.6. The van der Waals surface area contributed by atoms with Crippen LogP contribution >= 0.6 is 0 Å². The molecule has 0 aromatic heterocycles. The maximum Gasteiger partial charge on any atom is 0.318 e. The Hall–Kier alpha value is -1.44. The number of rotatable bonds is 7. The van der Waals surface area contributed by atoms with Crippen LogP contribution in [0.4, 0.5) is 0 Å². The minimum Gasteiger partial charge on any atom is -0.480 e. The van der Waals surface area contributed by atoms with Crippen LogP contribution in [0.15, 0.2) is 23.1 Å². The number of ether oxygens (including phenoxy) is 1. The van der Waals surface area contributed by atoms with Gasteiger partial charge < -0.3 is 9.84 Å². The van der Waals surface area contributed by atoms with Crippen molar-refractivity contribution in [3.05, 3.63) is 29.3 Å². The molecule has 1 rings (SSSR count). The maximum absolute atomic E-state index is 12.4. The Labute approximate surface area is 119 Å². The highest BCUT2D eigenvalue weighted by Crippen LogP contribution is 2.19. The highest BCUT2D eigenvalue weighted by atomic mass is 32.2. The first-order valence-electron chi connectivity index (χ1n) is 6.07. The largest absolute Gasteiger partial charge is 0.480 e. The zero-order chi connectivity index (χ0) is 15.3. The number of aryl methyl sites for hydroxylation is 2. The molecule has 0 radical (unpaired) electrons. The van der Waals surface area contributed by atoms with Crippen LogP contribution in [0, 0.1) is 13.8 Å². The molecule has 0 unspecified atom stereocenters. The summed E-state index contributed by atoms with van der Waals surface area (Å²) in [6.45, 7) is 3.24. The maximum atomic E-state index is 12.4. The number of methoxy groups -OCH3 is 1. The number of nitrogens with zero attached hydrogens (tertiary/aromatic N) is 1. The number of aliphatic carboxylic acids is 1. The van der Waals surface area contributed by atoms with E-state index in [2.05, 4.69) is 0 Å². The molecular weight excluding hydrogens is 282 g/mol. The number of carboxylic acids is 1. The van der Waals surface area contributed by atoms with E-state index in [4.69, 9.17) is 9.84 Å². The van der Waals surface area contributed by atoms with Gasteiger partial charge in [0.05, 0.1) is 11.5 Å². The lowest BCUT2D eigenvalue weighted by atomic mass is 10.1. The Kier molecular flexibility index (Phi) is 5.67. The number of sulfonamides is 1. The van der Waals surface area contributed by atoms with Gasteiger partial charge >= 0.3 is 5.97 Å². The van der Waals surface area contributed by atoms with Crippen LogP contribution in [0.25, 0.3) is 0 Å². The third-order valence-corrected chi connectivity index (χ3v) is 4.81. The molecule has 112 valence electrons. The third kappa shape index (κ3) is 4.03. The van der Waals surface area contributed by atoms with E-state index in [-0.39, 0.29) is 18.0 Å². The fourth-order valence-corrected chi connectivity index (χ4v) is 3.11. The van der Waals surface area contributed by atoms with Crippen LogP contribution in [0.5, 0.6) is 0 Å². The number of carboxylic acid groups (broad SMARTS) is 1. The van der Waals surface area contributed by atoms with Gasteiger partial charge in [-0.15, -0.1) is 0 Å². The molecule has 7 heteroatoms. The molecule has 1 aromatic carbocycles. The van der Waals surface area contributed by atoms with Gasteiger partial charge in [0.15, 0.2) is 0 Å². The van der Waals surface area contributed by atoms with Gasteiger partial charge in [0.25, 0.3) is 0 Å². The second-order valence-corrected chi connectivity index (χ2v) is 6.41. The Morgan fingerprint density at radius 2 is 1.95 bits per heavy atom.